The van der Waals surface area contributed by atoms with Crippen molar-refractivity contribution in [1.82, 2.24) is 14.7 Å². The van der Waals surface area contributed by atoms with Crippen LogP contribution in [0, 0.1) is 0 Å². The number of benzene rings is 2. The van der Waals surface area contributed by atoms with Crippen molar-refractivity contribution in [3.63, 3.8) is 0 Å². The van der Waals surface area contributed by atoms with Gasteiger partial charge in [0.15, 0.2) is 0 Å². The van der Waals surface area contributed by atoms with Gasteiger partial charge in [0, 0.05) is 25.9 Å². The number of hydrogen-bond donors (Lipinski definition) is 1. The van der Waals surface area contributed by atoms with Gasteiger partial charge in [-0.3, -0.25) is 14.5 Å². The van der Waals surface area contributed by atoms with Gasteiger partial charge in [-0.25, -0.2) is 4.79 Å². The molecule has 0 aromatic heterocycles. The van der Waals surface area contributed by atoms with Gasteiger partial charge in [-0.1, -0.05) is 62.2 Å². The summed E-state index contributed by atoms with van der Waals surface area (Å²) in [5.74, 6) is 0.0768. The predicted molar refractivity (Wildman–Crippen MR) is 140 cm³/mol. The van der Waals surface area contributed by atoms with Crippen LogP contribution in [0.2, 0.25) is 0 Å². The molecule has 2 heterocycles. The molecule has 0 spiro atoms. The first-order valence-electron chi connectivity index (χ1n) is 13.3. The average molecular weight is 508 g/mol. The number of unbranched alkanes of at least 4 members (excludes halogenated alkanes) is 2. The van der Waals surface area contributed by atoms with E-state index in [2.05, 4.69) is 6.92 Å². The SMILES string of the molecule is CCCCCN1C[C@@H]2N(C(=O)OCCc3ccc(O)cc3)CCC(=O)N2[C@@H](CCc2ccccc2)C1=O. The van der Waals surface area contributed by atoms with Crippen LogP contribution in [0.3, 0.4) is 0 Å². The van der Waals surface area contributed by atoms with Crippen LogP contribution in [0.15, 0.2) is 54.6 Å². The van der Waals surface area contributed by atoms with Crippen molar-refractivity contribution in [3.05, 3.63) is 65.7 Å². The third kappa shape index (κ3) is 6.61. The van der Waals surface area contributed by atoms with Crippen LogP contribution in [0.25, 0.3) is 0 Å². The van der Waals surface area contributed by atoms with Crippen LogP contribution in [-0.4, -0.2) is 76.2 Å². The van der Waals surface area contributed by atoms with E-state index in [0.29, 0.717) is 32.4 Å². The lowest BCUT2D eigenvalue weighted by Gasteiger charge is -2.52. The van der Waals surface area contributed by atoms with Crippen molar-refractivity contribution in [1.29, 1.82) is 0 Å². The first-order chi connectivity index (χ1) is 18.0. The molecule has 0 radical (unpaired) electrons. The Bertz CT molecular complexity index is 1060. The van der Waals surface area contributed by atoms with Crippen molar-refractivity contribution in [2.24, 2.45) is 0 Å². The molecular formula is C29H37N3O5. The van der Waals surface area contributed by atoms with Gasteiger partial charge >= 0.3 is 6.09 Å². The molecular weight excluding hydrogens is 470 g/mol. The number of phenolic OH excluding ortho intramolecular Hbond substituents is 1. The molecule has 3 amide bonds. The molecule has 0 unspecified atom stereocenters. The molecule has 37 heavy (non-hydrogen) atoms. The van der Waals surface area contributed by atoms with E-state index in [1.54, 1.807) is 34.1 Å². The smallest absolute Gasteiger partial charge is 0.411 e. The highest BCUT2D eigenvalue weighted by molar-refractivity contribution is 5.90. The Morgan fingerprint density at radius 1 is 1.00 bits per heavy atom. The zero-order chi connectivity index (χ0) is 26.2. The largest absolute Gasteiger partial charge is 0.508 e. The predicted octanol–water partition coefficient (Wildman–Crippen LogP) is 3.97. The van der Waals surface area contributed by atoms with Crippen molar-refractivity contribution in [2.45, 2.75) is 64.1 Å². The van der Waals surface area contributed by atoms with E-state index in [9.17, 15) is 19.5 Å². The molecule has 2 aromatic rings. The van der Waals surface area contributed by atoms with Gasteiger partial charge in [0.2, 0.25) is 11.8 Å². The fourth-order valence-electron chi connectivity index (χ4n) is 5.17. The Balaban J connectivity index is 1.47. The Kier molecular flexibility index (Phi) is 9.04. The van der Waals surface area contributed by atoms with Crippen LogP contribution in [0.1, 0.15) is 50.2 Å². The van der Waals surface area contributed by atoms with Gasteiger partial charge in [-0.15, -0.1) is 0 Å². The van der Waals surface area contributed by atoms with Gasteiger partial charge in [0.05, 0.1) is 13.2 Å². The number of ether oxygens (including phenoxy) is 1. The van der Waals surface area contributed by atoms with Gasteiger partial charge in [0.1, 0.15) is 18.0 Å². The number of fused-ring (bicyclic) bond motifs is 1. The summed E-state index contributed by atoms with van der Waals surface area (Å²) in [7, 11) is 0. The molecule has 4 rings (SSSR count). The second-order valence-corrected chi connectivity index (χ2v) is 9.79. The standard InChI is InChI=1S/C29H37N3O5/c1-2-3-7-18-30-21-26-31(29(36)37-20-17-23-10-13-24(33)14-11-23)19-16-27(34)32(26)25(28(30)35)15-12-22-8-5-4-6-9-22/h4-6,8-11,13-14,25-26,33H,2-3,7,12,15-21H2,1H3/t25-,26+/m0/s1. The molecule has 8 heteroatoms. The summed E-state index contributed by atoms with van der Waals surface area (Å²) in [6, 6.07) is 16.2. The summed E-state index contributed by atoms with van der Waals surface area (Å²) in [6.45, 7) is 3.52. The highest BCUT2D eigenvalue weighted by atomic mass is 16.6. The molecule has 0 saturated carbocycles. The number of carbonyl (C=O) groups excluding carboxylic acids is 3. The Hall–Kier alpha value is -3.55. The minimum atomic E-state index is -0.597. The zero-order valence-corrected chi connectivity index (χ0v) is 21.6. The molecule has 2 atom stereocenters. The lowest BCUT2D eigenvalue weighted by atomic mass is 9.97. The van der Waals surface area contributed by atoms with Crippen LogP contribution in [0.4, 0.5) is 4.79 Å². The quantitative estimate of drug-likeness (QED) is 0.492. The maximum absolute atomic E-state index is 13.6. The second-order valence-electron chi connectivity index (χ2n) is 9.79. The zero-order valence-electron chi connectivity index (χ0n) is 21.6. The van der Waals surface area contributed by atoms with Gasteiger partial charge in [-0.2, -0.15) is 0 Å². The molecule has 0 aliphatic carbocycles. The summed E-state index contributed by atoms with van der Waals surface area (Å²) in [5.41, 5.74) is 2.07. The van der Waals surface area contributed by atoms with Crippen molar-refractivity contribution < 1.29 is 24.2 Å². The maximum Gasteiger partial charge on any atom is 0.411 e. The lowest BCUT2D eigenvalue weighted by Crippen LogP contribution is -2.71. The first kappa shape index (κ1) is 26.5. The summed E-state index contributed by atoms with van der Waals surface area (Å²) >= 11 is 0. The fourth-order valence-corrected chi connectivity index (χ4v) is 5.17. The van der Waals surface area contributed by atoms with Crippen LogP contribution < -0.4 is 0 Å². The number of piperazine rings is 1. The van der Waals surface area contributed by atoms with E-state index >= 15 is 0 Å². The summed E-state index contributed by atoms with van der Waals surface area (Å²) in [5, 5.41) is 9.45. The van der Waals surface area contributed by atoms with E-state index in [4.69, 9.17) is 4.74 Å². The fraction of sp³-hybridized carbons (Fsp3) is 0.483. The minimum Gasteiger partial charge on any atom is -0.508 e. The number of aryl methyl sites for hydroxylation is 1. The van der Waals surface area contributed by atoms with Crippen molar-refractivity contribution in [3.8, 4) is 5.75 Å². The number of aromatic hydroxyl groups is 1. The number of amides is 3. The van der Waals surface area contributed by atoms with Crippen molar-refractivity contribution in [2.75, 3.05) is 26.2 Å². The molecule has 1 N–H and O–H groups in total. The van der Waals surface area contributed by atoms with E-state index in [-0.39, 0.29) is 37.1 Å². The molecule has 2 aromatic carbocycles. The Labute approximate surface area is 218 Å². The van der Waals surface area contributed by atoms with Gasteiger partial charge < -0.3 is 19.6 Å². The molecule has 2 aliphatic rings. The van der Waals surface area contributed by atoms with Crippen LogP contribution >= 0.6 is 0 Å². The Morgan fingerprint density at radius 2 is 1.73 bits per heavy atom. The maximum atomic E-state index is 13.6. The number of rotatable bonds is 10. The number of nitrogens with zero attached hydrogens (tertiary/aromatic N) is 3. The normalized spacial score (nSPS) is 19.6. The van der Waals surface area contributed by atoms with E-state index in [1.807, 2.05) is 35.2 Å². The Morgan fingerprint density at radius 3 is 2.46 bits per heavy atom. The highest BCUT2D eigenvalue weighted by Gasteiger charge is 2.48. The molecule has 2 fully saturated rings. The van der Waals surface area contributed by atoms with Gasteiger partial charge in [0.25, 0.3) is 0 Å². The monoisotopic (exact) mass is 507 g/mol. The van der Waals surface area contributed by atoms with Crippen LogP contribution in [-0.2, 0) is 27.2 Å². The molecule has 0 bridgehead atoms. The summed E-state index contributed by atoms with van der Waals surface area (Å²) < 4.78 is 5.61. The highest BCUT2D eigenvalue weighted by Crippen LogP contribution is 2.29. The number of phenols is 1. The number of carbonyl (C=O) groups is 3. The first-order valence-corrected chi connectivity index (χ1v) is 13.3. The molecule has 8 nitrogen and oxygen atoms in total. The van der Waals surface area contributed by atoms with E-state index in [1.165, 1.54) is 0 Å². The van der Waals surface area contributed by atoms with Gasteiger partial charge in [-0.05, 0) is 42.5 Å². The van der Waals surface area contributed by atoms with Crippen LogP contribution in [0.5, 0.6) is 5.75 Å². The third-order valence-corrected chi connectivity index (χ3v) is 7.22. The topological polar surface area (TPSA) is 90.4 Å². The molecule has 2 saturated heterocycles. The number of hydrogen-bond acceptors (Lipinski definition) is 5. The van der Waals surface area contributed by atoms with E-state index in [0.717, 1.165) is 30.4 Å². The average Bonchev–Trinajstić information content (AvgIpc) is 2.90. The second kappa shape index (κ2) is 12.6. The molecule has 198 valence electrons. The molecule has 2 aliphatic heterocycles. The minimum absolute atomic E-state index is 0.0285. The van der Waals surface area contributed by atoms with E-state index < -0.39 is 18.3 Å². The third-order valence-electron chi connectivity index (χ3n) is 7.22. The lowest BCUT2D eigenvalue weighted by molar-refractivity contribution is -0.168. The summed E-state index contributed by atoms with van der Waals surface area (Å²) in [6.07, 6.45) is 3.86. The summed E-state index contributed by atoms with van der Waals surface area (Å²) in [4.78, 5) is 44.9. The van der Waals surface area contributed by atoms with Crippen molar-refractivity contribution >= 4 is 17.9 Å².